The minimum Gasteiger partial charge on any atom is -0.465 e. The van der Waals surface area contributed by atoms with E-state index in [0.717, 1.165) is 31.7 Å². The number of rotatable bonds is 10. The van der Waals surface area contributed by atoms with Crippen molar-refractivity contribution in [2.24, 2.45) is 10.9 Å². The summed E-state index contributed by atoms with van der Waals surface area (Å²) < 4.78 is 11.3. The first-order valence-corrected chi connectivity index (χ1v) is 16.4. The Hall–Kier alpha value is -4.58. The molecule has 8 nitrogen and oxygen atoms in total. The Balaban J connectivity index is 1.25. The molecular weight excluding hydrogens is 588 g/mol. The van der Waals surface area contributed by atoms with Gasteiger partial charge in [-0.1, -0.05) is 71.8 Å². The molecule has 0 spiro atoms. The Morgan fingerprint density at radius 3 is 1.96 bits per heavy atom. The van der Waals surface area contributed by atoms with Crippen LogP contribution in [0.4, 0.5) is 0 Å². The number of aryl methyl sites for hydroxylation is 2. The van der Waals surface area contributed by atoms with E-state index in [1.165, 1.54) is 22.3 Å². The van der Waals surface area contributed by atoms with E-state index in [4.69, 9.17) is 9.47 Å². The van der Waals surface area contributed by atoms with Crippen molar-refractivity contribution < 1.29 is 19.1 Å². The van der Waals surface area contributed by atoms with Crippen molar-refractivity contribution in [3.8, 4) is 6.07 Å². The van der Waals surface area contributed by atoms with Gasteiger partial charge in [-0.25, -0.2) is 4.79 Å². The normalized spacial score (nSPS) is 18.9. The molecule has 1 fully saturated rings. The fourth-order valence-electron chi connectivity index (χ4n) is 6.67. The zero-order chi connectivity index (χ0) is 33.5. The maximum absolute atomic E-state index is 13.7. The molecule has 0 amide bonds. The van der Waals surface area contributed by atoms with Crippen molar-refractivity contribution in [2.75, 3.05) is 45.9 Å². The van der Waals surface area contributed by atoms with Crippen molar-refractivity contribution in [3.05, 3.63) is 117 Å². The van der Waals surface area contributed by atoms with E-state index in [0.29, 0.717) is 29.1 Å². The van der Waals surface area contributed by atoms with Crippen LogP contribution in [0.3, 0.4) is 0 Å². The summed E-state index contributed by atoms with van der Waals surface area (Å²) in [6.07, 6.45) is 0. The molecule has 2 aliphatic heterocycles. The van der Waals surface area contributed by atoms with Gasteiger partial charge in [0.2, 0.25) is 0 Å². The molecule has 0 aliphatic carbocycles. The monoisotopic (exact) mass is 632 g/mol. The van der Waals surface area contributed by atoms with Crippen molar-refractivity contribution in [1.82, 2.24) is 9.80 Å². The SMILES string of the molecule is CCOC(=O)C1C(C)=NC(C)=C(C(=O)OCCN2CCN(C(c3ccc(C)cc3)c3ccc(C)cc3)CC2)C1c1ccc(C#N)cc1. The summed E-state index contributed by atoms with van der Waals surface area (Å²) in [6, 6.07) is 26.9. The number of aliphatic imine (C=N–C) groups is 1. The number of esters is 2. The molecule has 2 aliphatic rings. The third-order valence-corrected chi connectivity index (χ3v) is 9.19. The van der Waals surface area contributed by atoms with Gasteiger partial charge in [0, 0.05) is 50.1 Å². The van der Waals surface area contributed by atoms with Gasteiger partial charge in [-0.05, 0) is 63.4 Å². The summed E-state index contributed by atoms with van der Waals surface area (Å²) in [6.45, 7) is 14.1. The number of nitrogens with zero attached hydrogens (tertiary/aromatic N) is 4. The number of nitriles is 1. The summed E-state index contributed by atoms with van der Waals surface area (Å²) >= 11 is 0. The zero-order valence-corrected chi connectivity index (χ0v) is 28.0. The quantitative estimate of drug-likeness (QED) is 0.248. The fourth-order valence-corrected chi connectivity index (χ4v) is 6.67. The highest BCUT2D eigenvalue weighted by Crippen LogP contribution is 2.40. The Morgan fingerprint density at radius 1 is 0.851 bits per heavy atom. The second-order valence-electron chi connectivity index (χ2n) is 12.4. The lowest BCUT2D eigenvalue weighted by Crippen LogP contribution is -2.48. The van der Waals surface area contributed by atoms with Gasteiger partial charge >= 0.3 is 11.9 Å². The highest BCUT2D eigenvalue weighted by atomic mass is 16.5. The molecule has 0 bridgehead atoms. The van der Waals surface area contributed by atoms with Crippen LogP contribution in [0.5, 0.6) is 0 Å². The second kappa shape index (κ2) is 15.3. The van der Waals surface area contributed by atoms with Gasteiger partial charge in [0.25, 0.3) is 0 Å². The lowest BCUT2D eigenvalue weighted by atomic mass is 9.75. The number of hydrogen-bond acceptors (Lipinski definition) is 8. The number of allylic oxidation sites excluding steroid dienone is 1. The summed E-state index contributed by atoms with van der Waals surface area (Å²) in [5.74, 6) is -2.32. The van der Waals surface area contributed by atoms with Crippen molar-refractivity contribution in [3.63, 3.8) is 0 Å². The Bertz CT molecular complexity index is 1620. The third kappa shape index (κ3) is 7.87. The largest absolute Gasteiger partial charge is 0.465 e. The summed E-state index contributed by atoms with van der Waals surface area (Å²) in [5.41, 5.74) is 7.75. The second-order valence-corrected chi connectivity index (χ2v) is 12.4. The molecule has 2 atom stereocenters. The van der Waals surface area contributed by atoms with Gasteiger partial charge in [-0.3, -0.25) is 19.6 Å². The summed E-state index contributed by atoms with van der Waals surface area (Å²) in [4.78, 5) is 36.3. The van der Waals surface area contributed by atoms with Crippen LogP contribution in [-0.4, -0.2) is 73.4 Å². The smallest absolute Gasteiger partial charge is 0.336 e. The van der Waals surface area contributed by atoms with Crippen LogP contribution in [-0.2, 0) is 19.1 Å². The lowest BCUT2D eigenvalue weighted by molar-refractivity contribution is -0.146. The maximum atomic E-state index is 13.7. The van der Waals surface area contributed by atoms with E-state index in [1.54, 1.807) is 45.0 Å². The Labute approximate surface area is 278 Å². The topological polar surface area (TPSA) is 95.2 Å². The van der Waals surface area contributed by atoms with E-state index in [1.807, 2.05) is 0 Å². The van der Waals surface area contributed by atoms with Crippen LogP contribution in [0.1, 0.15) is 66.1 Å². The van der Waals surface area contributed by atoms with E-state index in [9.17, 15) is 14.9 Å². The minimum absolute atomic E-state index is 0.174. The van der Waals surface area contributed by atoms with Gasteiger partial charge < -0.3 is 9.47 Å². The summed E-state index contributed by atoms with van der Waals surface area (Å²) in [5, 5.41) is 9.31. The lowest BCUT2D eigenvalue weighted by Gasteiger charge is -2.39. The average molecular weight is 633 g/mol. The Morgan fingerprint density at radius 2 is 1.43 bits per heavy atom. The van der Waals surface area contributed by atoms with E-state index in [2.05, 4.69) is 83.2 Å². The predicted octanol–water partition coefficient (Wildman–Crippen LogP) is 6.14. The fraction of sp³-hybridized carbons (Fsp3) is 0.385. The first-order valence-electron chi connectivity index (χ1n) is 16.4. The molecule has 0 N–H and O–H groups in total. The van der Waals surface area contributed by atoms with Crippen LogP contribution < -0.4 is 0 Å². The van der Waals surface area contributed by atoms with Crippen molar-refractivity contribution in [2.45, 2.75) is 46.6 Å². The van der Waals surface area contributed by atoms with E-state index in [-0.39, 0.29) is 19.3 Å². The van der Waals surface area contributed by atoms with Gasteiger partial charge in [0.1, 0.15) is 12.5 Å². The van der Waals surface area contributed by atoms with E-state index >= 15 is 0 Å². The molecule has 0 aromatic heterocycles. The van der Waals surface area contributed by atoms with Crippen LogP contribution in [0.25, 0.3) is 0 Å². The zero-order valence-electron chi connectivity index (χ0n) is 28.0. The Kier molecular flexibility index (Phi) is 11.0. The highest BCUT2D eigenvalue weighted by molar-refractivity contribution is 6.07. The van der Waals surface area contributed by atoms with E-state index < -0.39 is 23.8 Å². The van der Waals surface area contributed by atoms with Crippen LogP contribution in [0.2, 0.25) is 0 Å². The van der Waals surface area contributed by atoms with Crippen LogP contribution in [0, 0.1) is 31.1 Å². The van der Waals surface area contributed by atoms with Gasteiger partial charge in [0.15, 0.2) is 0 Å². The molecule has 0 saturated carbocycles. The summed E-state index contributed by atoms with van der Waals surface area (Å²) in [7, 11) is 0. The number of benzene rings is 3. The van der Waals surface area contributed by atoms with Crippen molar-refractivity contribution in [1.29, 1.82) is 5.26 Å². The molecule has 8 heteroatoms. The molecule has 3 aromatic rings. The number of carbonyl (C=O) groups excluding carboxylic acids is 2. The average Bonchev–Trinajstić information content (AvgIpc) is 3.07. The number of carbonyl (C=O) groups is 2. The number of piperazine rings is 1. The minimum atomic E-state index is -0.766. The standard InChI is InChI=1S/C39H44N4O4/c1-6-46-38(44)34-28(4)41-29(5)35(36(34)31-17-11-30(25-40)12-18-31)39(45)47-24-23-42-19-21-43(22-20-42)37(32-13-7-26(2)8-14-32)33-15-9-27(3)10-16-33/h7-18,34,36-37H,6,19-24H2,1-5H3. The first kappa shape index (κ1) is 33.8. The van der Waals surface area contributed by atoms with Gasteiger partial charge in [0.05, 0.1) is 29.9 Å². The number of ether oxygens (including phenoxy) is 2. The molecule has 3 aromatic carbocycles. The third-order valence-electron chi connectivity index (χ3n) is 9.19. The maximum Gasteiger partial charge on any atom is 0.336 e. The molecule has 5 rings (SSSR count). The molecular formula is C39H44N4O4. The highest BCUT2D eigenvalue weighted by Gasteiger charge is 2.42. The van der Waals surface area contributed by atoms with Crippen LogP contribution >= 0.6 is 0 Å². The molecule has 1 saturated heterocycles. The molecule has 244 valence electrons. The predicted molar refractivity (Wildman–Crippen MR) is 183 cm³/mol. The molecule has 2 heterocycles. The number of hydrogen-bond donors (Lipinski definition) is 0. The van der Waals surface area contributed by atoms with Crippen molar-refractivity contribution >= 4 is 17.7 Å². The molecule has 2 unspecified atom stereocenters. The van der Waals surface area contributed by atoms with Gasteiger partial charge in [-0.2, -0.15) is 5.26 Å². The van der Waals surface area contributed by atoms with Gasteiger partial charge in [-0.15, -0.1) is 0 Å². The first-order chi connectivity index (χ1) is 22.7. The molecule has 0 radical (unpaired) electrons. The molecule has 47 heavy (non-hydrogen) atoms. The van der Waals surface area contributed by atoms with Crippen LogP contribution in [0.15, 0.2) is 89.1 Å².